The second-order valence-corrected chi connectivity index (χ2v) is 4.76. The van der Waals surface area contributed by atoms with Crippen LogP contribution in [0.15, 0.2) is 0 Å². The summed E-state index contributed by atoms with van der Waals surface area (Å²) in [7, 11) is 1.81. The predicted octanol–water partition coefficient (Wildman–Crippen LogP) is 1.23. The first-order valence-electron chi connectivity index (χ1n) is 5.93. The highest BCUT2D eigenvalue weighted by atomic mass is 16.2. The molecule has 0 aromatic carbocycles. The van der Waals surface area contributed by atoms with E-state index in [0.29, 0.717) is 25.2 Å². The maximum Gasteiger partial charge on any atom is 0.237 e. The Kier molecular flexibility index (Phi) is 4.75. The van der Waals surface area contributed by atoms with Crippen LogP contribution in [0.25, 0.3) is 0 Å². The molecule has 0 spiro atoms. The lowest BCUT2D eigenvalue weighted by molar-refractivity contribution is -0.138. The van der Waals surface area contributed by atoms with Crippen molar-refractivity contribution in [2.75, 3.05) is 20.1 Å². The highest BCUT2D eigenvalue weighted by molar-refractivity contribution is 5.79. The Morgan fingerprint density at radius 3 is 2.50 bits per heavy atom. The van der Waals surface area contributed by atoms with Crippen LogP contribution in [0.3, 0.4) is 0 Å². The predicted molar refractivity (Wildman–Crippen MR) is 62.7 cm³/mol. The quantitative estimate of drug-likeness (QED) is 0.676. The fourth-order valence-electron chi connectivity index (χ4n) is 2.40. The van der Waals surface area contributed by atoms with Gasteiger partial charge in [-0.3, -0.25) is 9.69 Å². The number of nitriles is 1. The summed E-state index contributed by atoms with van der Waals surface area (Å²) in [6, 6.07) is 2.73. The number of carbonyl (C=O) groups excluding carboxylic acids is 1. The lowest BCUT2D eigenvalue weighted by Gasteiger charge is -2.39. The van der Waals surface area contributed by atoms with Crippen molar-refractivity contribution >= 4 is 5.91 Å². The molecule has 0 bridgehead atoms. The number of piperidine rings is 1. The molecule has 4 heteroatoms. The number of carbonyl (C=O) groups is 1. The molecule has 1 aliphatic rings. The van der Waals surface area contributed by atoms with Crippen LogP contribution in [0.1, 0.15) is 33.1 Å². The number of nitrogens with zero attached hydrogens (tertiary/aromatic N) is 3. The number of likely N-dealkylation sites (N-methyl/N-ethyl adjacent to an activating group) is 1. The van der Waals surface area contributed by atoms with Crippen LogP contribution in [-0.2, 0) is 4.79 Å². The number of hydrogen-bond donors (Lipinski definition) is 0. The van der Waals surface area contributed by atoms with Crippen LogP contribution < -0.4 is 0 Å². The van der Waals surface area contributed by atoms with Gasteiger partial charge in [-0.2, -0.15) is 5.26 Å². The summed E-state index contributed by atoms with van der Waals surface area (Å²) in [6.07, 6.45) is 3.40. The van der Waals surface area contributed by atoms with Crippen molar-refractivity contribution in [1.82, 2.24) is 9.80 Å². The van der Waals surface area contributed by atoms with Crippen LogP contribution in [0.5, 0.6) is 0 Å². The number of amides is 1. The Morgan fingerprint density at radius 2 is 2.00 bits per heavy atom. The second-order valence-electron chi connectivity index (χ2n) is 4.76. The van der Waals surface area contributed by atoms with Gasteiger partial charge in [-0.05, 0) is 40.2 Å². The van der Waals surface area contributed by atoms with E-state index in [4.69, 9.17) is 5.26 Å². The van der Waals surface area contributed by atoms with Gasteiger partial charge in [0, 0.05) is 12.1 Å². The van der Waals surface area contributed by atoms with E-state index < -0.39 is 0 Å². The van der Waals surface area contributed by atoms with Crippen molar-refractivity contribution in [3.8, 4) is 6.07 Å². The first-order valence-corrected chi connectivity index (χ1v) is 5.93. The van der Waals surface area contributed by atoms with E-state index in [1.165, 1.54) is 6.42 Å². The van der Waals surface area contributed by atoms with Crippen LogP contribution in [-0.4, -0.2) is 47.9 Å². The molecule has 90 valence electrons. The SMILES string of the molecule is C[C@@H]1CCC[C@H](C)N1C(=O)CN(C)CC#N. The Morgan fingerprint density at radius 1 is 1.44 bits per heavy atom. The van der Waals surface area contributed by atoms with E-state index in [0.717, 1.165) is 12.8 Å². The number of likely N-dealkylation sites (tertiary alicyclic amines) is 1. The summed E-state index contributed by atoms with van der Waals surface area (Å²) in [5.74, 6) is 0.150. The van der Waals surface area contributed by atoms with Gasteiger partial charge in [0.25, 0.3) is 0 Å². The van der Waals surface area contributed by atoms with Crippen LogP contribution in [0, 0.1) is 11.3 Å². The lowest BCUT2D eigenvalue weighted by atomic mass is 9.97. The zero-order valence-electron chi connectivity index (χ0n) is 10.4. The average Bonchev–Trinajstić information content (AvgIpc) is 2.17. The largest absolute Gasteiger partial charge is 0.336 e. The first-order chi connectivity index (χ1) is 7.56. The van der Waals surface area contributed by atoms with Crippen molar-refractivity contribution in [2.24, 2.45) is 0 Å². The average molecular weight is 223 g/mol. The van der Waals surface area contributed by atoms with E-state index in [9.17, 15) is 4.79 Å². The first kappa shape index (κ1) is 13.0. The summed E-state index contributed by atoms with van der Waals surface area (Å²) in [6.45, 7) is 4.88. The second kappa shape index (κ2) is 5.86. The van der Waals surface area contributed by atoms with Crippen molar-refractivity contribution in [2.45, 2.75) is 45.2 Å². The Balaban J connectivity index is 2.54. The third-order valence-corrected chi connectivity index (χ3v) is 3.23. The van der Waals surface area contributed by atoms with E-state index in [1.807, 2.05) is 4.90 Å². The summed E-state index contributed by atoms with van der Waals surface area (Å²) < 4.78 is 0. The standard InChI is InChI=1S/C12H21N3O/c1-10-5-4-6-11(2)15(10)12(16)9-14(3)8-7-13/h10-11H,4-6,8-9H2,1-3H3/t10-,11+. The molecule has 0 unspecified atom stereocenters. The minimum atomic E-state index is 0.150. The molecular weight excluding hydrogens is 202 g/mol. The van der Waals surface area contributed by atoms with Crippen molar-refractivity contribution < 1.29 is 4.79 Å². The molecule has 1 fully saturated rings. The van der Waals surface area contributed by atoms with Crippen molar-refractivity contribution in [3.63, 3.8) is 0 Å². The highest BCUT2D eigenvalue weighted by Crippen LogP contribution is 2.22. The van der Waals surface area contributed by atoms with E-state index >= 15 is 0 Å². The Labute approximate surface area is 97.8 Å². The molecule has 0 saturated carbocycles. The lowest BCUT2D eigenvalue weighted by Crippen LogP contribution is -2.50. The smallest absolute Gasteiger partial charge is 0.237 e. The molecule has 1 aliphatic heterocycles. The minimum Gasteiger partial charge on any atom is -0.336 e. The highest BCUT2D eigenvalue weighted by Gasteiger charge is 2.28. The van der Waals surface area contributed by atoms with Gasteiger partial charge >= 0.3 is 0 Å². The van der Waals surface area contributed by atoms with Gasteiger partial charge in [0.1, 0.15) is 0 Å². The molecule has 0 N–H and O–H groups in total. The van der Waals surface area contributed by atoms with E-state index in [1.54, 1.807) is 11.9 Å². The topological polar surface area (TPSA) is 47.3 Å². The van der Waals surface area contributed by atoms with Gasteiger partial charge in [0.15, 0.2) is 0 Å². The van der Waals surface area contributed by atoms with Gasteiger partial charge < -0.3 is 4.90 Å². The fourth-order valence-corrected chi connectivity index (χ4v) is 2.40. The third kappa shape index (κ3) is 3.21. The van der Waals surface area contributed by atoms with Crippen molar-refractivity contribution in [3.05, 3.63) is 0 Å². The van der Waals surface area contributed by atoms with Crippen LogP contribution in [0.4, 0.5) is 0 Å². The maximum atomic E-state index is 12.1. The van der Waals surface area contributed by atoms with Gasteiger partial charge in [-0.25, -0.2) is 0 Å². The molecule has 1 heterocycles. The summed E-state index contributed by atoms with van der Waals surface area (Å²) in [5, 5.41) is 8.55. The molecule has 0 aromatic rings. The molecule has 1 amide bonds. The Bertz CT molecular complexity index is 274. The molecule has 1 rings (SSSR count). The van der Waals surface area contributed by atoms with Gasteiger partial charge in [0.05, 0.1) is 19.2 Å². The third-order valence-electron chi connectivity index (χ3n) is 3.23. The van der Waals surface area contributed by atoms with Gasteiger partial charge in [-0.1, -0.05) is 0 Å². The fraction of sp³-hybridized carbons (Fsp3) is 0.833. The monoisotopic (exact) mass is 223 g/mol. The molecule has 16 heavy (non-hydrogen) atoms. The van der Waals surface area contributed by atoms with Gasteiger partial charge in [0.2, 0.25) is 5.91 Å². The van der Waals surface area contributed by atoms with Crippen LogP contribution >= 0.6 is 0 Å². The zero-order chi connectivity index (χ0) is 12.1. The zero-order valence-corrected chi connectivity index (χ0v) is 10.4. The minimum absolute atomic E-state index is 0.150. The summed E-state index contributed by atoms with van der Waals surface area (Å²) in [5.41, 5.74) is 0. The maximum absolute atomic E-state index is 12.1. The summed E-state index contributed by atoms with van der Waals surface area (Å²) >= 11 is 0. The van der Waals surface area contributed by atoms with Crippen molar-refractivity contribution in [1.29, 1.82) is 5.26 Å². The van der Waals surface area contributed by atoms with Gasteiger partial charge in [-0.15, -0.1) is 0 Å². The number of rotatable bonds is 3. The molecule has 0 aromatic heterocycles. The van der Waals surface area contributed by atoms with E-state index in [-0.39, 0.29) is 5.91 Å². The molecule has 1 saturated heterocycles. The normalized spacial score (nSPS) is 25.6. The summed E-state index contributed by atoms with van der Waals surface area (Å²) in [4.78, 5) is 15.8. The molecule has 0 aliphatic carbocycles. The molecule has 2 atom stereocenters. The molecular formula is C12H21N3O. The number of hydrogen-bond acceptors (Lipinski definition) is 3. The molecule has 4 nitrogen and oxygen atoms in total. The Hall–Kier alpha value is -1.08. The van der Waals surface area contributed by atoms with E-state index in [2.05, 4.69) is 19.9 Å². The molecule has 0 radical (unpaired) electrons. The van der Waals surface area contributed by atoms with Crippen LogP contribution in [0.2, 0.25) is 0 Å².